The highest BCUT2D eigenvalue weighted by atomic mass is 32.1. The summed E-state index contributed by atoms with van der Waals surface area (Å²) in [6.07, 6.45) is 6.07. The van der Waals surface area contributed by atoms with E-state index in [1.807, 2.05) is 24.3 Å². The number of hydrogen-bond donors (Lipinski definition) is 2. The van der Waals surface area contributed by atoms with Crippen LogP contribution in [0.2, 0.25) is 0 Å². The van der Waals surface area contributed by atoms with E-state index in [1.165, 1.54) is 31.2 Å². The lowest BCUT2D eigenvalue weighted by atomic mass is 9.87. The number of nitrogens with one attached hydrogen (secondary N) is 2. The van der Waals surface area contributed by atoms with Gasteiger partial charge in [0.25, 0.3) is 5.91 Å². The van der Waals surface area contributed by atoms with Crippen LogP contribution in [-0.4, -0.2) is 17.6 Å². The number of hydrogen-bond acceptors (Lipinski definition) is 2. The van der Waals surface area contributed by atoms with Gasteiger partial charge in [0.2, 0.25) is 0 Å². The van der Waals surface area contributed by atoms with Gasteiger partial charge in [0.1, 0.15) is 0 Å². The van der Waals surface area contributed by atoms with Gasteiger partial charge in [0.15, 0.2) is 5.11 Å². The molecule has 0 aromatic heterocycles. The van der Waals surface area contributed by atoms with Gasteiger partial charge >= 0.3 is 0 Å². The number of rotatable bonds is 7. The van der Waals surface area contributed by atoms with Gasteiger partial charge in [-0.2, -0.15) is 0 Å². The number of carbonyl (C=O) groups excluding carboxylic acids is 1. The first-order chi connectivity index (χ1) is 10.8. The largest absolute Gasteiger partial charge is 0.362 e. The van der Waals surface area contributed by atoms with Crippen LogP contribution in [0, 0.1) is 0 Å². The van der Waals surface area contributed by atoms with Crippen molar-refractivity contribution in [2.75, 3.05) is 6.54 Å². The van der Waals surface area contributed by atoms with Gasteiger partial charge in [0, 0.05) is 12.1 Å². The summed E-state index contributed by atoms with van der Waals surface area (Å²) in [4.78, 5) is 12.2. The van der Waals surface area contributed by atoms with Crippen LogP contribution in [0.4, 0.5) is 0 Å². The molecule has 1 amide bonds. The maximum atomic E-state index is 12.2. The van der Waals surface area contributed by atoms with Gasteiger partial charge in [0.05, 0.1) is 0 Å². The van der Waals surface area contributed by atoms with Gasteiger partial charge < -0.3 is 5.32 Å². The highest BCUT2D eigenvalue weighted by Gasteiger charge is 2.14. The Labute approximate surface area is 146 Å². The quantitative estimate of drug-likeness (QED) is 0.567. The molecule has 1 aromatic rings. The Morgan fingerprint density at radius 1 is 1.04 bits per heavy atom. The van der Waals surface area contributed by atoms with Crippen LogP contribution in [0.15, 0.2) is 24.3 Å². The highest BCUT2D eigenvalue weighted by molar-refractivity contribution is 7.80. The van der Waals surface area contributed by atoms with Gasteiger partial charge in [-0.25, -0.2) is 0 Å². The van der Waals surface area contributed by atoms with E-state index < -0.39 is 0 Å². The summed E-state index contributed by atoms with van der Waals surface area (Å²) in [5, 5.41) is 6.24. The molecule has 4 heteroatoms. The third-order valence-electron chi connectivity index (χ3n) is 3.81. The van der Waals surface area contributed by atoms with E-state index in [2.05, 4.69) is 38.3 Å². The summed E-state index contributed by atoms with van der Waals surface area (Å²) in [5.74, 6) is -0.158. The monoisotopic (exact) mass is 334 g/mol. The molecule has 0 aliphatic carbocycles. The van der Waals surface area contributed by atoms with Crippen molar-refractivity contribution in [3.05, 3.63) is 35.4 Å². The highest BCUT2D eigenvalue weighted by Crippen LogP contribution is 2.22. The molecule has 0 atom stereocenters. The summed E-state index contributed by atoms with van der Waals surface area (Å²) in [5.41, 5.74) is 1.93. The second-order valence-electron chi connectivity index (χ2n) is 6.95. The lowest BCUT2D eigenvalue weighted by Crippen LogP contribution is -2.39. The summed E-state index contributed by atoms with van der Waals surface area (Å²) in [6, 6.07) is 7.70. The second kappa shape index (κ2) is 9.66. The minimum Gasteiger partial charge on any atom is -0.362 e. The molecule has 0 aliphatic rings. The molecule has 0 bridgehead atoms. The third-order valence-corrected chi connectivity index (χ3v) is 4.05. The molecule has 0 saturated carbocycles. The molecule has 3 nitrogen and oxygen atoms in total. The van der Waals surface area contributed by atoms with Crippen LogP contribution in [0.3, 0.4) is 0 Å². The predicted octanol–water partition coefficient (Wildman–Crippen LogP) is 4.56. The van der Waals surface area contributed by atoms with Crippen molar-refractivity contribution in [2.45, 2.75) is 65.2 Å². The minimum atomic E-state index is -0.158. The molecule has 128 valence electrons. The zero-order valence-electron chi connectivity index (χ0n) is 14.9. The van der Waals surface area contributed by atoms with Crippen LogP contribution in [0.5, 0.6) is 0 Å². The molecule has 0 saturated heterocycles. The van der Waals surface area contributed by atoms with E-state index in [-0.39, 0.29) is 11.3 Å². The minimum absolute atomic E-state index is 0.0869. The average Bonchev–Trinajstić information content (AvgIpc) is 2.50. The van der Waals surface area contributed by atoms with E-state index in [1.54, 1.807) is 0 Å². The lowest BCUT2D eigenvalue weighted by molar-refractivity contribution is 0.0976. The smallest absolute Gasteiger partial charge is 0.257 e. The number of carbonyl (C=O) groups is 1. The Morgan fingerprint density at radius 3 is 2.22 bits per heavy atom. The first kappa shape index (κ1) is 19.6. The average molecular weight is 335 g/mol. The van der Waals surface area contributed by atoms with E-state index in [4.69, 9.17) is 12.2 Å². The summed E-state index contributed by atoms with van der Waals surface area (Å²) in [6.45, 7) is 9.48. The number of benzene rings is 1. The fourth-order valence-corrected chi connectivity index (χ4v) is 2.47. The first-order valence-electron chi connectivity index (χ1n) is 8.54. The van der Waals surface area contributed by atoms with E-state index >= 15 is 0 Å². The van der Waals surface area contributed by atoms with E-state index in [9.17, 15) is 4.79 Å². The lowest BCUT2D eigenvalue weighted by Gasteiger charge is -2.19. The molecular weight excluding hydrogens is 304 g/mol. The van der Waals surface area contributed by atoms with Crippen LogP contribution < -0.4 is 10.6 Å². The predicted molar refractivity (Wildman–Crippen MR) is 102 cm³/mol. The Morgan fingerprint density at radius 2 is 1.65 bits per heavy atom. The molecular formula is C19H30N2OS. The van der Waals surface area contributed by atoms with Gasteiger partial charge in [-0.3, -0.25) is 10.1 Å². The van der Waals surface area contributed by atoms with Gasteiger partial charge in [-0.1, -0.05) is 65.5 Å². The normalized spacial score (nSPS) is 11.1. The fraction of sp³-hybridized carbons (Fsp3) is 0.579. The molecule has 0 fully saturated rings. The summed E-state index contributed by atoms with van der Waals surface area (Å²) >= 11 is 5.17. The van der Waals surface area contributed by atoms with Crippen LogP contribution in [-0.2, 0) is 5.41 Å². The maximum Gasteiger partial charge on any atom is 0.257 e. The van der Waals surface area contributed by atoms with E-state index in [0.29, 0.717) is 10.7 Å². The van der Waals surface area contributed by atoms with Crippen molar-refractivity contribution in [1.82, 2.24) is 10.6 Å². The molecule has 23 heavy (non-hydrogen) atoms. The standard InChI is InChI=1S/C19H30N2OS/c1-5-6-7-8-9-14-20-18(23)21-17(22)15-10-12-16(13-11-15)19(2,3)4/h10-13H,5-9,14H2,1-4H3,(H2,20,21,22,23). The van der Waals surface area contributed by atoms with Crippen molar-refractivity contribution in [3.63, 3.8) is 0 Å². The topological polar surface area (TPSA) is 41.1 Å². The Hall–Kier alpha value is -1.42. The number of thiocarbonyl (C=S) groups is 1. The van der Waals surface area contributed by atoms with Crippen LogP contribution >= 0.6 is 12.2 Å². The van der Waals surface area contributed by atoms with Crippen LogP contribution in [0.1, 0.15) is 75.7 Å². The first-order valence-corrected chi connectivity index (χ1v) is 8.95. The van der Waals surface area contributed by atoms with Crippen LogP contribution in [0.25, 0.3) is 0 Å². The summed E-state index contributed by atoms with van der Waals surface area (Å²) < 4.78 is 0. The second-order valence-corrected chi connectivity index (χ2v) is 7.36. The van der Waals surface area contributed by atoms with Crippen molar-refractivity contribution < 1.29 is 4.79 Å². The van der Waals surface area contributed by atoms with Crippen molar-refractivity contribution in [1.29, 1.82) is 0 Å². The Balaban J connectivity index is 2.36. The van der Waals surface area contributed by atoms with Crippen molar-refractivity contribution in [2.24, 2.45) is 0 Å². The number of amides is 1. The zero-order chi connectivity index (χ0) is 17.3. The SMILES string of the molecule is CCCCCCCNC(=S)NC(=O)c1ccc(C(C)(C)C)cc1. The molecule has 0 spiro atoms. The molecule has 1 rings (SSSR count). The molecule has 0 radical (unpaired) electrons. The fourth-order valence-electron chi connectivity index (χ4n) is 2.27. The molecule has 1 aromatic carbocycles. The third kappa shape index (κ3) is 7.60. The van der Waals surface area contributed by atoms with Crippen molar-refractivity contribution >= 4 is 23.2 Å². The Bertz CT molecular complexity index is 503. The molecule has 0 aliphatic heterocycles. The maximum absolute atomic E-state index is 12.2. The summed E-state index contributed by atoms with van der Waals surface area (Å²) in [7, 11) is 0. The molecule has 0 unspecified atom stereocenters. The van der Waals surface area contributed by atoms with E-state index in [0.717, 1.165) is 13.0 Å². The number of unbranched alkanes of at least 4 members (excludes halogenated alkanes) is 4. The van der Waals surface area contributed by atoms with Crippen molar-refractivity contribution in [3.8, 4) is 0 Å². The zero-order valence-corrected chi connectivity index (χ0v) is 15.7. The molecule has 2 N–H and O–H groups in total. The molecule has 0 heterocycles. The van der Waals surface area contributed by atoms with Gasteiger partial charge in [-0.15, -0.1) is 0 Å². The Kier molecular flexibility index (Phi) is 8.24. The van der Waals surface area contributed by atoms with Gasteiger partial charge in [-0.05, 0) is 41.7 Å².